The van der Waals surface area contributed by atoms with Crippen molar-refractivity contribution in [3.05, 3.63) is 89.1 Å². The van der Waals surface area contributed by atoms with Crippen molar-refractivity contribution in [1.29, 1.82) is 0 Å². The zero-order valence-electron chi connectivity index (χ0n) is 20.0. The van der Waals surface area contributed by atoms with Crippen molar-refractivity contribution in [3.63, 3.8) is 0 Å². The Morgan fingerprint density at radius 2 is 1.84 bits per heavy atom. The molecule has 4 rings (SSSR count). The van der Waals surface area contributed by atoms with E-state index < -0.39 is 28.9 Å². The minimum absolute atomic E-state index is 0.117. The van der Waals surface area contributed by atoms with Crippen LogP contribution in [0.15, 0.2) is 67.1 Å². The summed E-state index contributed by atoms with van der Waals surface area (Å²) >= 11 is 5.72. The summed E-state index contributed by atoms with van der Waals surface area (Å²) in [6.07, 6.45) is 0.286. The fourth-order valence-corrected chi connectivity index (χ4v) is 3.83. The zero-order chi connectivity index (χ0) is 27.3. The molecule has 0 spiro atoms. The molecule has 1 atom stereocenters. The molecule has 198 valence electrons. The van der Waals surface area contributed by atoms with Crippen LogP contribution in [0.5, 0.6) is 0 Å². The van der Waals surface area contributed by atoms with Gasteiger partial charge in [-0.1, -0.05) is 23.7 Å². The summed E-state index contributed by atoms with van der Waals surface area (Å²) in [6, 6.07) is 11.1. The molecule has 0 aliphatic heterocycles. The molecular formula is C25H23ClF3N7O2. The molecule has 4 N–H and O–H groups in total. The van der Waals surface area contributed by atoms with Crippen LogP contribution in [-0.2, 0) is 12.6 Å². The van der Waals surface area contributed by atoms with Crippen LogP contribution >= 0.6 is 11.6 Å². The van der Waals surface area contributed by atoms with E-state index in [1.807, 2.05) is 6.07 Å². The molecule has 0 fully saturated rings. The summed E-state index contributed by atoms with van der Waals surface area (Å²) in [5, 5.41) is 17.1. The van der Waals surface area contributed by atoms with Crippen molar-refractivity contribution in [3.8, 4) is 5.82 Å². The van der Waals surface area contributed by atoms with Crippen molar-refractivity contribution < 1.29 is 23.1 Å². The monoisotopic (exact) mass is 545 g/mol. The van der Waals surface area contributed by atoms with Crippen LogP contribution in [0.4, 0.5) is 35.3 Å². The van der Waals surface area contributed by atoms with Gasteiger partial charge in [-0.2, -0.15) is 18.2 Å². The maximum absolute atomic E-state index is 12.9. The average Bonchev–Trinajstić information content (AvgIpc) is 3.30. The summed E-state index contributed by atoms with van der Waals surface area (Å²) in [4.78, 5) is 25.5. The molecule has 0 saturated carbocycles. The predicted molar refractivity (Wildman–Crippen MR) is 138 cm³/mol. The van der Waals surface area contributed by atoms with Gasteiger partial charge in [-0.3, -0.25) is 4.57 Å². The molecule has 4 aromatic rings. The summed E-state index contributed by atoms with van der Waals surface area (Å²) in [5.41, 5.74) is 0.452. The third kappa shape index (κ3) is 6.99. The molecule has 0 saturated heterocycles. The Morgan fingerprint density at radius 3 is 2.55 bits per heavy atom. The second-order valence-electron chi connectivity index (χ2n) is 8.33. The van der Waals surface area contributed by atoms with Gasteiger partial charge in [-0.15, -0.1) is 0 Å². The van der Waals surface area contributed by atoms with E-state index in [4.69, 9.17) is 11.6 Å². The lowest BCUT2D eigenvalue weighted by atomic mass is 10.1. The lowest BCUT2D eigenvalue weighted by Gasteiger charge is -2.12. The van der Waals surface area contributed by atoms with Gasteiger partial charge >= 0.3 is 12.2 Å². The highest BCUT2D eigenvalue weighted by Crippen LogP contribution is 2.35. The van der Waals surface area contributed by atoms with Crippen molar-refractivity contribution in [2.75, 3.05) is 22.5 Å². The Bertz CT molecular complexity index is 1430. The van der Waals surface area contributed by atoms with Gasteiger partial charge in [0.05, 0.1) is 16.7 Å². The number of hydrogen-bond acceptors (Lipinski definition) is 6. The topological polar surface area (TPSA) is 117 Å². The lowest BCUT2D eigenvalue weighted by molar-refractivity contribution is -0.137. The number of anilines is 3. The van der Waals surface area contributed by atoms with E-state index in [0.717, 1.165) is 23.8 Å². The number of rotatable bonds is 8. The average molecular weight is 546 g/mol. The van der Waals surface area contributed by atoms with Gasteiger partial charge < -0.3 is 21.1 Å². The molecule has 2 aromatic heterocycles. The van der Waals surface area contributed by atoms with E-state index in [0.29, 0.717) is 36.2 Å². The number of benzene rings is 2. The number of aromatic nitrogens is 4. The first kappa shape index (κ1) is 26.9. The number of aliphatic hydroxyl groups excluding tert-OH is 1. The van der Waals surface area contributed by atoms with Gasteiger partial charge in [0.1, 0.15) is 11.6 Å². The minimum Gasteiger partial charge on any atom is -0.392 e. The van der Waals surface area contributed by atoms with Gasteiger partial charge in [0.15, 0.2) is 0 Å². The molecule has 0 unspecified atom stereocenters. The van der Waals surface area contributed by atoms with Crippen LogP contribution in [0.2, 0.25) is 5.02 Å². The van der Waals surface area contributed by atoms with Gasteiger partial charge in [0.2, 0.25) is 5.95 Å². The van der Waals surface area contributed by atoms with Crippen LogP contribution in [0.3, 0.4) is 0 Å². The fourth-order valence-electron chi connectivity index (χ4n) is 3.54. The summed E-state index contributed by atoms with van der Waals surface area (Å²) in [6.45, 7) is 1.96. The standard InChI is InChI=1S/C25H23ClF3N7O2/c1-15(37)14-32-23-31-8-7-21(35-23)36-10-9-30-22(36)12-16-3-2-4-17(11-16)33-24(38)34-18-5-6-19(20(26)13-18)25(27,28)29/h2-11,13,15,37H,12,14H2,1H3,(H,31,32,35)(H2,33,34,38)/t15-/m0/s1. The Kier molecular flexibility index (Phi) is 8.13. The number of alkyl halides is 3. The number of imidazole rings is 1. The molecular weight excluding hydrogens is 523 g/mol. The molecule has 0 aliphatic carbocycles. The smallest absolute Gasteiger partial charge is 0.392 e. The van der Waals surface area contributed by atoms with Crippen molar-refractivity contribution in [2.45, 2.75) is 25.6 Å². The Hall–Kier alpha value is -4.16. The quantitative estimate of drug-likeness (QED) is 0.237. The first-order valence-corrected chi connectivity index (χ1v) is 11.8. The maximum Gasteiger partial charge on any atom is 0.417 e. The van der Waals surface area contributed by atoms with Crippen LogP contribution in [0.1, 0.15) is 23.9 Å². The Labute approximate surface area is 220 Å². The fraction of sp³-hybridized carbons (Fsp3) is 0.200. The van der Waals surface area contributed by atoms with Gasteiger partial charge in [0.25, 0.3) is 0 Å². The number of nitrogens with one attached hydrogen (secondary N) is 3. The van der Waals surface area contributed by atoms with E-state index >= 15 is 0 Å². The van der Waals surface area contributed by atoms with Crippen molar-refractivity contribution in [2.24, 2.45) is 0 Å². The number of hydrogen-bond donors (Lipinski definition) is 4. The Morgan fingerprint density at radius 1 is 1.08 bits per heavy atom. The molecule has 13 heteroatoms. The number of carbonyl (C=O) groups is 1. The molecule has 0 bridgehead atoms. The highest BCUT2D eigenvalue weighted by Gasteiger charge is 2.33. The van der Waals surface area contributed by atoms with E-state index in [1.54, 1.807) is 54.3 Å². The first-order chi connectivity index (χ1) is 18.1. The molecule has 9 nitrogen and oxygen atoms in total. The first-order valence-electron chi connectivity index (χ1n) is 11.4. The third-order valence-corrected chi connectivity index (χ3v) is 5.55. The molecule has 2 heterocycles. The largest absolute Gasteiger partial charge is 0.417 e. The van der Waals surface area contributed by atoms with Crippen molar-refractivity contribution in [1.82, 2.24) is 19.5 Å². The van der Waals surface area contributed by atoms with Crippen LogP contribution in [0.25, 0.3) is 5.82 Å². The van der Waals surface area contributed by atoms with Crippen molar-refractivity contribution >= 4 is 35.0 Å². The van der Waals surface area contributed by atoms with E-state index in [1.165, 1.54) is 0 Å². The summed E-state index contributed by atoms with van der Waals surface area (Å²) in [5.74, 6) is 1.64. The van der Waals surface area contributed by atoms with Gasteiger partial charge in [-0.25, -0.2) is 14.8 Å². The molecule has 2 amide bonds. The highest BCUT2D eigenvalue weighted by molar-refractivity contribution is 6.31. The molecule has 0 aliphatic rings. The minimum atomic E-state index is -4.59. The van der Waals surface area contributed by atoms with Gasteiger partial charge in [-0.05, 0) is 48.9 Å². The normalized spacial score (nSPS) is 12.2. The molecule has 2 aromatic carbocycles. The van der Waals surface area contributed by atoms with E-state index in [2.05, 4.69) is 30.9 Å². The zero-order valence-corrected chi connectivity index (χ0v) is 20.8. The van der Waals surface area contributed by atoms with Crippen LogP contribution in [0, 0.1) is 0 Å². The maximum atomic E-state index is 12.9. The number of aliphatic hydroxyl groups is 1. The SMILES string of the molecule is C[C@H](O)CNc1nccc(-n2ccnc2Cc2cccc(NC(=O)Nc3ccc(C(F)(F)F)c(Cl)c3)c2)n1. The number of urea groups is 1. The number of carbonyl (C=O) groups excluding carboxylic acids is 1. The third-order valence-electron chi connectivity index (χ3n) is 5.24. The van der Waals surface area contributed by atoms with E-state index in [-0.39, 0.29) is 5.69 Å². The lowest BCUT2D eigenvalue weighted by Crippen LogP contribution is -2.19. The summed E-state index contributed by atoms with van der Waals surface area (Å²) in [7, 11) is 0. The highest BCUT2D eigenvalue weighted by atomic mass is 35.5. The van der Waals surface area contributed by atoms with Crippen LogP contribution < -0.4 is 16.0 Å². The second kappa shape index (κ2) is 11.5. The number of nitrogens with zero attached hydrogens (tertiary/aromatic N) is 4. The van der Waals surface area contributed by atoms with Gasteiger partial charge in [0, 0.05) is 42.9 Å². The predicted octanol–water partition coefficient (Wildman–Crippen LogP) is 5.36. The Balaban J connectivity index is 1.43. The number of amides is 2. The number of halogens is 4. The van der Waals surface area contributed by atoms with E-state index in [9.17, 15) is 23.1 Å². The molecule has 0 radical (unpaired) electrons. The molecule has 38 heavy (non-hydrogen) atoms. The summed E-state index contributed by atoms with van der Waals surface area (Å²) < 4.78 is 40.5. The van der Waals surface area contributed by atoms with Crippen LogP contribution in [-0.4, -0.2) is 43.3 Å². The second-order valence-corrected chi connectivity index (χ2v) is 8.74.